The Hall–Kier alpha value is -1.02. The maximum absolute atomic E-state index is 6.12. The third-order valence-corrected chi connectivity index (χ3v) is 7.11. The first-order chi connectivity index (χ1) is 11.4. The maximum atomic E-state index is 6.12. The monoisotopic (exact) mass is 311 g/mol. The topological polar surface area (TPSA) is 21.3 Å². The largest absolute Gasteiger partial charge is 0.494 e. The summed E-state index contributed by atoms with van der Waals surface area (Å²) in [4.78, 5) is 0. The van der Waals surface area contributed by atoms with Gasteiger partial charge in [-0.25, -0.2) is 0 Å². The average molecular weight is 311 g/mol. The van der Waals surface area contributed by atoms with E-state index >= 15 is 0 Å². The molecule has 2 saturated carbocycles. The number of piperidine rings is 1. The van der Waals surface area contributed by atoms with Gasteiger partial charge in [-0.1, -0.05) is 31.7 Å². The van der Waals surface area contributed by atoms with Crippen molar-refractivity contribution >= 4 is 0 Å². The molecule has 1 saturated heterocycles. The first kappa shape index (κ1) is 14.3. The molecule has 0 aromatic heterocycles. The molecule has 1 N–H and O–H groups in total. The zero-order valence-corrected chi connectivity index (χ0v) is 14.2. The molecule has 3 fully saturated rings. The second-order valence-electron chi connectivity index (χ2n) is 8.42. The summed E-state index contributed by atoms with van der Waals surface area (Å²) in [6.07, 6.45) is 12.3. The molecule has 0 spiro atoms. The van der Waals surface area contributed by atoms with Gasteiger partial charge in [-0.05, 0) is 73.7 Å². The van der Waals surface area contributed by atoms with Gasteiger partial charge in [-0.15, -0.1) is 0 Å². The molecule has 4 aliphatic rings. The molecule has 1 aromatic rings. The molecule has 124 valence electrons. The Labute approximate surface area is 140 Å². The predicted molar refractivity (Wildman–Crippen MR) is 93.0 cm³/mol. The van der Waals surface area contributed by atoms with Crippen molar-refractivity contribution in [1.82, 2.24) is 5.32 Å². The third kappa shape index (κ3) is 2.41. The van der Waals surface area contributed by atoms with Gasteiger partial charge in [0.1, 0.15) is 5.75 Å². The summed E-state index contributed by atoms with van der Waals surface area (Å²) in [5.41, 5.74) is 3.70. The fourth-order valence-electron chi connectivity index (χ4n) is 5.74. The number of hydrogen-bond donors (Lipinski definition) is 1. The minimum Gasteiger partial charge on any atom is -0.494 e. The molecular weight excluding hydrogens is 282 g/mol. The van der Waals surface area contributed by atoms with Gasteiger partial charge in [0, 0.05) is 11.5 Å². The highest BCUT2D eigenvalue weighted by Crippen LogP contribution is 2.54. The Bertz CT molecular complexity index is 590. The molecule has 0 amide bonds. The van der Waals surface area contributed by atoms with E-state index in [4.69, 9.17) is 4.74 Å². The SMILES string of the molecule is c1cc2c(cc1OCCC1CC1)[C@@]13CCCC[C@H]1[C@@H](C2)NCC3. The molecule has 23 heavy (non-hydrogen) atoms. The number of hydrogen-bond acceptors (Lipinski definition) is 2. The minimum absolute atomic E-state index is 0.456. The van der Waals surface area contributed by atoms with Crippen LogP contribution in [-0.2, 0) is 11.8 Å². The van der Waals surface area contributed by atoms with Crippen molar-refractivity contribution in [2.75, 3.05) is 13.2 Å². The van der Waals surface area contributed by atoms with Crippen molar-refractivity contribution in [3.8, 4) is 5.75 Å². The van der Waals surface area contributed by atoms with Gasteiger partial charge in [0.2, 0.25) is 0 Å². The second-order valence-corrected chi connectivity index (χ2v) is 8.42. The van der Waals surface area contributed by atoms with E-state index in [1.807, 2.05) is 0 Å². The fraction of sp³-hybridized carbons (Fsp3) is 0.714. The van der Waals surface area contributed by atoms with E-state index in [2.05, 4.69) is 23.5 Å². The van der Waals surface area contributed by atoms with Crippen molar-refractivity contribution < 1.29 is 4.74 Å². The number of fused-ring (bicyclic) bond motifs is 1. The van der Waals surface area contributed by atoms with Gasteiger partial charge in [0.25, 0.3) is 0 Å². The Morgan fingerprint density at radius 3 is 3.00 bits per heavy atom. The van der Waals surface area contributed by atoms with Crippen molar-refractivity contribution in [2.45, 2.75) is 69.2 Å². The van der Waals surface area contributed by atoms with E-state index in [1.54, 1.807) is 11.1 Å². The van der Waals surface area contributed by atoms with Crippen LogP contribution in [0.4, 0.5) is 0 Å². The Morgan fingerprint density at radius 2 is 2.09 bits per heavy atom. The molecular formula is C21H29NO. The number of ether oxygens (including phenoxy) is 1. The van der Waals surface area contributed by atoms with Crippen molar-refractivity contribution in [2.24, 2.45) is 11.8 Å². The normalized spacial score (nSPS) is 35.3. The lowest BCUT2D eigenvalue weighted by atomic mass is 9.53. The van der Waals surface area contributed by atoms with Crippen molar-refractivity contribution in [1.29, 1.82) is 0 Å². The Balaban J connectivity index is 1.45. The minimum atomic E-state index is 0.456. The van der Waals surface area contributed by atoms with Crippen LogP contribution in [0.5, 0.6) is 5.75 Å². The van der Waals surface area contributed by atoms with Crippen LogP contribution < -0.4 is 10.1 Å². The third-order valence-electron chi connectivity index (χ3n) is 7.11. The van der Waals surface area contributed by atoms with E-state index in [9.17, 15) is 0 Å². The first-order valence-electron chi connectivity index (χ1n) is 9.85. The zero-order valence-electron chi connectivity index (χ0n) is 14.2. The van der Waals surface area contributed by atoms with Gasteiger partial charge in [0.15, 0.2) is 0 Å². The lowest BCUT2D eigenvalue weighted by Gasteiger charge is -2.56. The van der Waals surface area contributed by atoms with Gasteiger partial charge in [-0.3, -0.25) is 0 Å². The van der Waals surface area contributed by atoms with Crippen LogP contribution >= 0.6 is 0 Å². The average Bonchev–Trinajstić information content (AvgIpc) is 3.40. The lowest BCUT2D eigenvalue weighted by Crippen LogP contribution is -2.59. The summed E-state index contributed by atoms with van der Waals surface area (Å²) in [5.74, 6) is 2.94. The molecule has 5 rings (SSSR count). The molecule has 0 radical (unpaired) electrons. The molecule has 3 aliphatic carbocycles. The summed E-state index contributed by atoms with van der Waals surface area (Å²) in [5, 5.41) is 3.82. The maximum Gasteiger partial charge on any atom is 0.119 e. The van der Waals surface area contributed by atoms with Crippen molar-refractivity contribution in [3.05, 3.63) is 29.3 Å². The summed E-state index contributed by atoms with van der Waals surface area (Å²) in [6, 6.07) is 7.75. The van der Waals surface area contributed by atoms with Crippen LogP contribution in [0.15, 0.2) is 18.2 Å². The number of nitrogens with one attached hydrogen (secondary N) is 1. The summed E-state index contributed by atoms with van der Waals surface area (Å²) in [7, 11) is 0. The lowest BCUT2D eigenvalue weighted by molar-refractivity contribution is 0.0794. The fourth-order valence-corrected chi connectivity index (χ4v) is 5.74. The molecule has 1 heterocycles. The Kier molecular flexibility index (Phi) is 3.44. The van der Waals surface area contributed by atoms with E-state index in [0.717, 1.165) is 30.2 Å². The zero-order chi connectivity index (χ0) is 15.3. The van der Waals surface area contributed by atoms with E-state index < -0.39 is 0 Å². The van der Waals surface area contributed by atoms with E-state index in [1.165, 1.54) is 64.3 Å². The molecule has 2 nitrogen and oxygen atoms in total. The molecule has 3 atom stereocenters. The van der Waals surface area contributed by atoms with E-state index in [0.29, 0.717) is 5.41 Å². The molecule has 2 bridgehead atoms. The van der Waals surface area contributed by atoms with Crippen LogP contribution in [0.2, 0.25) is 0 Å². The highest BCUT2D eigenvalue weighted by Gasteiger charge is 2.51. The standard InChI is InChI=1S/C21H29NO/c1-2-9-21-10-11-22-20(18(21)3-1)13-16-6-7-17(14-19(16)21)23-12-8-15-4-5-15/h6-7,14-15,18,20,22H,1-5,8-13H2/t18-,20+,21+/m0/s1. The van der Waals surface area contributed by atoms with Crippen LogP contribution in [-0.4, -0.2) is 19.2 Å². The van der Waals surface area contributed by atoms with Crippen LogP contribution in [0.25, 0.3) is 0 Å². The highest BCUT2D eigenvalue weighted by molar-refractivity contribution is 5.45. The summed E-state index contributed by atoms with van der Waals surface area (Å²) in [6.45, 7) is 2.11. The van der Waals surface area contributed by atoms with Gasteiger partial charge in [-0.2, -0.15) is 0 Å². The molecule has 2 heteroatoms. The van der Waals surface area contributed by atoms with Gasteiger partial charge >= 0.3 is 0 Å². The van der Waals surface area contributed by atoms with Crippen molar-refractivity contribution in [3.63, 3.8) is 0 Å². The first-order valence-corrected chi connectivity index (χ1v) is 9.85. The van der Waals surface area contributed by atoms with Crippen LogP contribution in [0.1, 0.15) is 62.5 Å². The number of rotatable bonds is 4. The quantitative estimate of drug-likeness (QED) is 0.899. The summed E-state index contributed by atoms with van der Waals surface area (Å²) >= 11 is 0. The number of benzene rings is 1. The van der Waals surface area contributed by atoms with E-state index in [-0.39, 0.29) is 0 Å². The van der Waals surface area contributed by atoms with Gasteiger partial charge in [0.05, 0.1) is 6.61 Å². The van der Waals surface area contributed by atoms with Gasteiger partial charge < -0.3 is 10.1 Å². The smallest absolute Gasteiger partial charge is 0.119 e. The molecule has 0 unspecified atom stereocenters. The Morgan fingerprint density at radius 1 is 1.13 bits per heavy atom. The van der Waals surface area contributed by atoms with Crippen LogP contribution in [0.3, 0.4) is 0 Å². The second kappa shape index (κ2) is 5.51. The molecule has 1 aromatic carbocycles. The predicted octanol–water partition coefficient (Wildman–Crippen LogP) is 4.21. The summed E-state index contributed by atoms with van der Waals surface area (Å²) < 4.78 is 6.12. The molecule has 1 aliphatic heterocycles. The van der Waals surface area contributed by atoms with Crippen LogP contribution in [0, 0.1) is 11.8 Å². The highest BCUT2D eigenvalue weighted by atomic mass is 16.5.